The Hall–Kier alpha value is -1.96. The van der Waals surface area contributed by atoms with E-state index in [1.165, 1.54) is 0 Å². The summed E-state index contributed by atoms with van der Waals surface area (Å²) in [5.41, 5.74) is 6.54. The number of alkyl halides is 3. The fourth-order valence-corrected chi connectivity index (χ4v) is 1.39. The number of halogens is 3. The summed E-state index contributed by atoms with van der Waals surface area (Å²) in [5, 5.41) is 11.4. The molecule has 0 bridgehead atoms. The van der Waals surface area contributed by atoms with Gasteiger partial charge in [0.25, 0.3) is 0 Å². The number of nitrogens with zero attached hydrogens (tertiary/aromatic N) is 2. The first-order valence-corrected chi connectivity index (χ1v) is 5.33. The van der Waals surface area contributed by atoms with Crippen LogP contribution in [0.5, 0.6) is 0 Å². The van der Waals surface area contributed by atoms with Crippen LogP contribution in [-0.2, 0) is 4.74 Å². The van der Waals surface area contributed by atoms with Crippen molar-refractivity contribution in [3.63, 3.8) is 0 Å². The van der Waals surface area contributed by atoms with E-state index in [4.69, 9.17) is 10.9 Å². The molecule has 0 spiro atoms. The molecule has 1 aromatic rings. The lowest BCUT2D eigenvalue weighted by Crippen LogP contribution is -2.26. The van der Waals surface area contributed by atoms with E-state index in [-0.39, 0.29) is 12.4 Å². The molecule has 1 rings (SSSR count). The van der Waals surface area contributed by atoms with Crippen molar-refractivity contribution in [2.24, 2.45) is 10.9 Å². The molecule has 3 N–H and O–H groups in total. The van der Waals surface area contributed by atoms with Gasteiger partial charge in [0.05, 0.1) is 6.61 Å². The minimum absolute atomic E-state index is 0.0547. The van der Waals surface area contributed by atoms with E-state index in [9.17, 15) is 13.2 Å². The van der Waals surface area contributed by atoms with Gasteiger partial charge in [-0.05, 0) is 12.1 Å². The van der Waals surface area contributed by atoms with E-state index < -0.39 is 13.0 Å². The molecule has 0 aromatic heterocycles. The molecule has 0 aliphatic heterocycles. The average Bonchev–Trinajstić information content (AvgIpc) is 2.36. The molecule has 0 radical (unpaired) electrons. The average molecular weight is 277 g/mol. The fourth-order valence-electron chi connectivity index (χ4n) is 1.39. The van der Waals surface area contributed by atoms with E-state index in [1.54, 1.807) is 36.2 Å². The standard InChI is InChI=1S/C11H14F3N3O2/c1-17(5-6-19-11(12,13)14)9-4-2-3-8(7-9)10(15)16-18/h2-4,7,18H,5-6H2,1H3,(H2,15,16). The van der Waals surface area contributed by atoms with Gasteiger partial charge in [0.15, 0.2) is 5.84 Å². The van der Waals surface area contributed by atoms with E-state index in [1.807, 2.05) is 0 Å². The van der Waals surface area contributed by atoms with Crippen LogP contribution in [0.15, 0.2) is 29.4 Å². The van der Waals surface area contributed by atoms with Crippen molar-refractivity contribution >= 4 is 11.5 Å². The van der Waals surface area contributed by atoms with Crippen LogP contribution in [-0.4, -0.2) is 37.6 Å². The zero-order valence-electron chi connectivity index (χ0n) is 10.2. The molecule has 0 unspecified atom stereocenters. The monoisotopic (exact) mass is 277 g/mol. The molecule has 0 saturated carbocycles. The lowest BCUT2D eigenvalue weighted by atomic mass is 10.2. The Kier molecular flexibility index (Phi) is 4.99. The molecule has 1 aromatic carbocycles. The number of anilines is 1. The van der Waals surface area contributed by atoms with E-state index in [0.717, 1.165) is 0 Å². The number of likely N-dealkylation sites (N-methyl/N-ethyl adjacent to an activating group) is 1. The lowest BCUT2D eigenvalue weighted by Gasteiger charge is -2.20. The van der Waals surface area contributed by atoms with Gasteiger partial charge in [0.1, 0.15) is 0 Å². The van der Waals surface area contributed by atoms with Gasteiger partial charge in [-0.25, -0.2) is 0 Å². The molecular weight excluding hydrogens is 263 g/mol. The molecule has 0 aliphatic rings. The second kappa shape index (κ2) is 6.28. The van der Waals surface area contributed by atoms with Gasteiger partial charge < -0.3 is 15.8 Å². The molecule has 19 heavy (non-hydrogen) atoms. The first kappa shape index (κ1) is 15.1. The summed E-state index contributed by atoms with van der Waals surface area (Å²) in [6.07, 6.45) is -4.63. The van der Waals surface area contributed by atoms with Gasteiger partial charge >= 0.3 is 6.36 Å². The number of ether oxygens (including phenoxy) is 1. The van der Waals surface area contributed by atoms with Crippen molar-refractivity contribution in [3.05, 3.63) is 29.8 Å². The maximum Gasteiger partial charge on any atom is 0.522 e. The quantitative estimate of drug-likeness (QED) is 0.372. The molecule has 0 amide bonds. The van der Waals surface area contributed by atoms with Crippen LogP contribution in [0, 0.1) is 0 Å². The third-order valence-corrected chi connectivity index (χ3v) is 2.38. The first-order valence-electron chi connectivity index (χ1n) is 5.33. The number of oxime groups is 1. The summed E-state index contributed by atoms with van der Waals surface area (Å²) < 4.78 is 39.2. The van der Waals surface area contributed by atoms with Crippen LogP contribution >= 0.6 is 0 Å². The van der Waals surface area contributed by atoms with Crippen molar-refractivity contribution in [3.8, 4) is 0 Å². The van der Waals surface area contributed by atoms with Crippen LogP contribution in [0.1, 0.15) is 5.56 Å². The fraction of sp³-hybridized carbons (Fsp3) is 0.364. The topological polar surface area (TPSA) is 71.1 Å². The normalized spacial score (nSPS) is 12.5. The van der Waals surface area contributed by atoms with Gasteiger partial charge in [-0.15, -0.1) is 13.2 Å². The van der Waals surface area contributed by atoms with Gasteiger partial charge in [-0.1, -0.05) is 17.3 Å². The molecule has 8 heteroatoms. The minimum Gasteiger partial charge on any atom is -0.409 e. The molecule has 0 fully saturated rings. The second-order valence-corrected chi connectivity index (χ2v) is 3.75. The number of rotatable bonds is 5. The van der Waals surface area contributed by atoms with Gasteiger partial charge in [0.2, 0.25) is 0 Å². The SMILES string of the molecule is CN(CCOC(F)(F)F)c1cccc(C(N)=NO)c1. The predicted octanol–water partition coefficient (Wildman–Crippen LogP) is 1.75. The minimum atomic E-state index is -4.63. The third-order valence-electron chi connectivity index (χ3n) is 2.38. The maximum absolute atomic E-state index is 11.8. The van der Waals surface area contributed by atoms with Crippen molar-refractivity contribution in [2.75, 3.05) is 25.1 Å². The number of nitrogens with two attached hydrogens (primary N) is 1. The highest BCUT2D eigenvalue weighted by Gasteiger charge is 2.28. The number of benzene rings is 1. The maximum atomic E-state index is 11.8. The Balaban J connectivity index is 2.64. The van der Waals surface area contributed by atoms with E-state index in [2.05, 4.69) is 9.89 Å². The third kappa shape index (κ3) is 5.04. The summed E-state index contributed by atoms with van der Waals surface area (Å²) in [6.45, 7) is -0.424. The summed E-state index contributed by atoms with van der Waals surface area (Å²) in [5.74, 6) is -0.0678. The lowest BCUT2D eigenvalue weighted by molar-refractivity contribution is -0.323. The Labute approximate surface area is 108 Å². The number of hydrogen-bond acceptors (Lipinski definition) is 4. The van der Waals surface area contributed by atoms with Crippen LogP contribution in [0.3, 0.4) is 0 Å². The summed E-state index contributed by atoms with van der Waals surface area (Å²) in [6, 6.07) is 6.58. The van der Waals surface area contributed by atoms with Crippen LogP contribution in [0.25, 0.3) is 0 Å². The van der Waals surface area contributed by atoms with Gasteiger partial charge in [0, 0.05) is 24.8 Å². The largest absolute Gasteiger partial charge is 0.522 e. The van der Waals surface area contributed by atoms with E-state index in [0.29, 0.717) is 11.3 Å². The highest BCUT2D eigenvalue weighted by atomic mass is 19.4. The molecular formula is C11H14F3N3O2. The van der Waals surface area contributed by atoms with E-state index >= 15 is 0 Å². The smallest absolute Gasteiger partial charge is 0.409 e. The zero-order chi connectivity index (χ0) is 14.5. The highest BCUT2D eigenvalue weighted by molar-refractivity contribution is 5.97. The Morgan fingerprint density at radius 1 is 1.47 bits per heavy atom. The summed E-state index contributed by atoms with van der Waals surface area (Å²) >= 11 is 0. The van der Waals surface area contributed by atoms with Crippen molar-refractivity contribution in [1.29, 1.82) is 0 Å². The van der Waals surface area contributed by atoms with Crippen molar-refractivity contribution in [2.45, 2.75) is 6.36 Å². The van der Waals surface area contributed by atoms with Crippen molar-refractivity contribution < 1.29 is 23.1 Å². The Bertz CT molecular complexity index is 449. The second-order valence-electron chi connectivity index (χ2n) is 3.75. The van der Waals surface area contributed by atoms with Crippen LogP contribution in [0.4, 0.5) is 18.9 Å². The molecule has 0 atom stereocenters. The molecule has 0 heterocycles. The van der Waals surface area contributed by atoms with Crippen LogP contribution in [0.2, 0.25) is 0 Å². The van der Waals surface area contributed by atoms with Crippen molar-refractivity contribution in [1.82, 2.24) is 0 Å². The van der Waals surface area contributed by atoms with Gasteiger partial charge in [-0.3, -0.25) is 4.74 Å². The van der Waals surface area contributed by atoms with Crippen LogP contribution < -0.4 is 10.6 Å². The Morgan fingerprint density at radius 2 is 2.16 bits per heavy atom. The first-order chi connectivity index (χ1) is 8.83. The highest BCUT2D eigenvalue weighted by Crippen LogP contribution is 2.17. The summed E-state index contributed by atoms with van der Waals surface area (Å²) in [4.78, 5) is 1.57. The molecule has 0 aliphatic carbocycles. The molecule has 106 valence electrons. The number of amidine groups is 1. The number of hydrogen-bond donors (Lipinski definition) is 2. The summed E-state index contributed by atoms with van der Waals surface area (Å²) in [7, 11) is 1.62. The predicted molar refractivity (Wildman–Crippen MR) is 64.2 cm³/mol. The Morgan fingerprint density at radius 3 is 2.74 bits per heavy atom. The molecule has 0 saturated heterocycles. The zero-order valence-corrected chi connectivity index (χ0v) is 10.2. The van der Waals surface area contributed by atoms with Gasteiger partial charge in [-0.2, -0.15) is 0 Å². The molecule has 5 nitrogen and oxygen atoms in total.